The van der Waals surface area contributed by atoms with Crippen LogP contribution in [0.5, 0.6) is 0 Å². The molecule has 0 aliphatic carbocycles. The Labute approximate surface area is 355 Å². The summed E-state index contributed by atoms with van der Waals surface area (Å²) in [6.45, 7) is 4.91. The van der Waals surface area contributed by atoms with E-state index in [9.17, 15) is 19.8 Å². The van der Waals surface area contributed by atoms with Crippen LogP contribution >= 0.6 is 0 Å². The topological polar surface area (TPSA) is 95.9 Å². The summed E-state index contributed by atoms with van der Waals surface area (Å²) >= 11 is 0. The van der Waals surface area contributed by atoms with Crippen LogP contribution in [0.3, 0.4) is 0 Å². The van der Waals surface area contributed by atoms with Gasteiger partial charge in [-0.05, 0) is 51.4 Å². The minimum absolute atomic E-state index is 0.00936. The van der Waals surface area contributed by atoms with E-state index in [2.05, 4.69) is 31.3 Å². The number of allylic oxidation sites excluding steroid dienone is 2. The van der Waals surface area contributed by atoms with Crippen LogP contribution in [0, 0.1) is 0 Å². The van der Waals surface area contributed by atoms with Gasteiger partial charge in [0.05, 0.1) is 25.4 Å². The number of carbonyl (C=O) groups excluding carboxylic acids is 2. The fourth-order valence-electron chi connectivity index (χ4n) is 7.87. The molecule has 6 nitrogen and oxygen atoms in total. The minimum atomic E-state index is -0.672. The number of rotatable bonds is 47. The third-order valence-electron chi connectivity index (χ3n) is 11.8. The Morgan fingerprint density at radius 3 is 1.25 bits per heavy atom. The van der Waals surface area contributed by atoms with E-state index in [1.807, 2.05) is 0 Å². The molecule has 2 atom stereocenters. The van der Waals surface area contributed by atoms with Crippen molar-refractivity contribution in [2.45, 2.75) is 289 Å². The van der Waals surface area contributed by atoms with Crippen LogP contribution < -0.4 is 5.32 Å². The van der Waals surface area contributed by atoms with E-state index in [0.717, 1.165) is 70.6 Å². The first kappa shape index (κ1) is 55.6. The van der Waals surface area contributed by atoms with Crippen LogP contribution in [0.1, 0.15) is 277 Å². The maximum absolute atomic E-state index is 12.4. The van der Waals surface area contributed by atoms with Gasteiger partial charge in [-0.15, -0.1) is 0 Å². The number of hydrogen-bond donors (Lipinski definition) is 3. The van der Waals surface area contributed by atoms with E-state index in [1.165, 1.54) is 173 Å². The summed E-state index contributed by atoms with van der Waals surface area (Å²) in [5, 5.41) is 23.2. The Hall–Kier alpha value is -1.40. The maximum atomic E-state index is 12.4. The summed E-state index contributed by atoms with van der Waals surface area (Å²) in [4.78, 5) is 24.4. The van der Waals surface area contributed by atoms with Gasteiger partial charge in [-0.3, -0.25) is 9.59 Å². The molecule has 0 aromatic heterocycles. The zero-order chi connectivity index (χ0) is 41.5. The van der Waals surface area contributed by atoms with Crippen molar-refractivity contribution in [1.29, 1.82) is 0 Å². The quantitative estimate of drug-likeness (QED) is 0.0323. The van der Waals surface area contributed by atoms with Crippen molar-refractivity contribution in [3.05, 3.63) is 12.2 Å². The Bertz CT molecular complexity index is 847. The van der Waals surface area contributed by atoms with Crippen LogP contribution in [0.15, 0.2) is 12.2 Å². The standard InChI is InChI=1S/C51H99NO5/c1-3-5-7-9-11-13-15-20-23-27-31-35-39-43-49(54)48(47-53)52-50(55)44-40-36-32-28-24-21-18-17-19-22-26-30-34-38-42-46-57-51(56)45-41-37-33-29-25-16-14-12-10-8-6-4-2/h19,22,48-49,53-54H,3-18,20-21,23-47H2,1-2H3,(H,52,55)/b22-19-. The minimum Gasteiger partial charge on any atom is -0.466 e. The Kier molecular flexibility index (Phi) is 46.1. The summed E-state index contributed by atoms with van der Waals surface area (Å²) in [5.74, 6) is -0.0592. The van der Waals surface area contributed by atoms with Gasteiger partial charge in [-0.2, -0.15) is 0 Å². The summed E-state index contributed by atoms with van der Waals surface area (Å²) < 4.78 is 5.44. The maximum Gasteiger partial charge on any atom is 0.305 e. The lowest BCUT2D eigenvalue weighted by Gasteiger charge is -2.22. The van der Waals surface area contributed by atoms with Crippen molar-refractivity contribution in [2.24, 2.45) is 0 Å². The molecule has 1 amide bonds. The summed E-state index contributed by atoms with van der Waals surface area (Å²) in [6.07, 6.45) is 53.2. The van der Waals surface area contributed by atoms with Gasteiger partial charge < -0.3 is 20.3 Å². The van der Waals surface area contributed by atoms with Crippen LogP contribution in [-0.4, -0.2) is 47.4 Å². The molecular weight excluding hydrogens is 707 g/mol. The number of nitrogens with one attached hydrogen (secondary N) is 1. The molecule has 2 unspecified atom stereocenters. The first-order valence-electron chi connectivity index (χ1n) is 25.4. The molecule has 0 radical (unpaired) electrons. The van der Waals surface area contributed by atoms with E-state index in [1.54, 1.807) is 0 Å². The molecule has 0 heterocycles. The molecule has 0 bridgehead atoms. The SMILES string of the molecule is CCCCCCCCCCCCCCCC(O)C(CO)NC(=O)CCCCCCCCC/C=C\CCCCCCOC(=O)CCCCCCCCCCCCCC. The van der Waals surface area contributed by atoms with Gasteiger partial charge in [0.1, 0.15) is 0 Å². The number of unbranched alkanes of at least 4 members (excludes halogenated alkanes) is 34. The van der Waals surface area contributed by atoms with Gasteiger partial charge >= 0.3 is 5.97 Å². The van der Waals surface area contributed by atoms with Crippen molar-refractivity contribution in [3.63, 3.8) is 0 Å². The predicted molar refractivity (Wildman–Crippen MR) is 246 cm³/mol. The monoisotopic (exact) mass is 806 g/mol. The number of hydrogen-bond acceptors (Lipinski definition) is 5. The van der Waals surface area contributed by atoms with Crippen LogP contribution in [0.25, 0.3) is 0 Å². The second-order valence-corrected chi connectivity index (χ2v) is 17.5. The van der Waals surface area contributed by atoms with Crippen molar-refractivity contribution < 1.29 is 24.5 Å². The smallest absolute Gasteiger partial charge is 0.305 e. The Balaban J connectivity index is 3.47. The number of esters is 1. The van der Waals surface area contributed by atoms with Crippen LogP contribution in [0.2, 0.25) is 0 Å². The fraction of sp³-hybridized carbons (Fsp3) is 0.922. The number of aliphatic hydroxyl groups excluding tert-OH is 2. The summed E-state index contributed by atoms with van der Waals surface area (Å²) in [7, 11) is 0. The highest BCUT2D eigenvalue weighted by molar-refractivity contribution is 5.76. The van der Waals surface area contributed by atoms with Crippen LogP contribution in [-0.2, 0) is 14.3 Å². The van der Waals surface area contributed by atoms with Gasteiger partial charge in [0, 0.05) is 12.8 Å². The highest BCUT2D eigenvalue weighted by Crippen LogP contribution is 2.16. The summed E-state index contributed by atoms with van der Waals surface area (Å²) in [6, 6.07) is -0.550. The molecule has 0 aliphatic heterocycles. The van der Waals surface area contributed by atoms with Crippen molar-refractivity contribution in [2.75, 3.05) is 13.2 Å². The molecule has 0 rings (SSSR count). The molecule has 3 N–H and O–H groups in total. The van der Waals surface area contributed by atoms with Gasteiger partial charge in [0.2, 0.25) is 5.91 Å². The van der Waals surface area contributed by atoms with Gasteiger partial charge in [0.15, 0.2) is 0 Å². The first-order chi connectivity index (χ1) is 28.0. The van der Waals surface area contributed by atoms with Crippen molar-refractivity contribution in [3.8, 4) is 0 Å². The molecule has 0 aromatic rings. The largest absolute Gasteiger partial charge is 0.466 e. The van der Waals surface area contributed by atoms with E-state index < -0.39 is 12.1 Å². The Morgan fingerprint density at radius 2 is 0.825 bits per heavy atom. The zero-order valence-electron chi connectivity index (χ0n) is 38.3. The molecular formula is C51H99NO5. The molecule has 0 fully saturated rings. The highest BCUT2D eigenvalue weighted by Gasteiger charge is 2.20. The third kappa shape index (κ3) is 44.0. The number of ether oxygens (including phenoxy) is 1. The van der Waals surface area contributed by atoms with E-state index >= 15 is 0 Å². The van der Waals surface area contributed by atoms with E-state index in [0.29, 0.717) is 25.9 Å². The lowest BCUT2D eigenvalue weighted by Crippen LogP contribution is -2.45. The fourth-order valence-corrected chi connectivity index (χ4v) is 7.87. The molecule has 0 aromatic carbocycles. The normalized spacial score (nSPS) is 12.7. The van der Waals surface area contributed by atoms with Gasteiger partial charge in [-0.25, -0.2) is 0 Å². The average Bonchev–Trinajstić information content (AvgIpc) is 3.21. The molecule has 338 valence electrons. The molecule has 57 heavy (non-hydrogen) atoms. The van der Waals surface area contributed by atoms with Crippen molar-refractivity contribution in [1.82, 2.24) is 5.32 Å². The highest BCUT2D eigenvalue weighted by atomic mass is 16.5. The summed E-state index contributed by atoms with van der Waals surface area (Å²) in [5.41, 5.74) is 0. The molecule has 0 saturated carbocycles. The second-order valence-electron chi connectivity index (χ2n) is 17.5. The van der Waals surface area contributed by atoms with E-state index in [4.69, 9.17) is 4.74 Å². The first-order valence-corrected chi connectivity index (χ1v) is 25.4. The number of carbonyl (C=O) groups is 2. The lowest BCUT2D eigenvalue weighted by atomic mass is 10.0. The second kappa shape index (κ2) is 47.3. The average molecular weight is 806 g/mol. The van der Waals surface area contributed by atoms with E-state index in [-0.39, 0.29) is 18.5 Å². The molecule has 6 heteroatoms. The van der Waals surface area contributed by atoms with Gasteiger partial charge in [-0.1, -0.05) is 225 Å². The van der Waals surface area contributed by atoms with Crippen LogP contribution in [0.4, 0.5) is 0 Å². The third-order valence-corrected chi connectivity index (χ3v) is 11.8. The number of aliphatic hydroxyl groups is 2. The molecule has 0 aliphatic rings. The molecule has 0 spiro atoms. The predicted octanol–water partition coefficient (Wildman–Crippen LogP) is 15.0. The zero-order valence-corrected chi connectivity index (χ0v) is 38.3. The Morgan fingerprint density at radius 1 is 0.474 bits per heavy atom. The number of amides is 1. The van der Waals surface area contributed by atoms with Gasteiger partial charge in [0.25, 0.3) is 0 Å². The van der Waals surface area contributed by atoms with Crippen molar-refractivity contribution >= 4 is 11.9 Å². The lowest BCUT2D eigenvalue weighted by molar-refractivity contribution is -0.143. The molecule has 0 saturated heterocycles.